The number of imidazole rings is 2. The third-order valence-corrected chi connectivity index (χ3v) is 16.5. The van der Waals surface area contributed by atoms with Crippen LogP contribution in [0.15, 0.2) is 170 Å². The molecule has 1 N–H and O–H groups in total. The number of piperidine rings is 3. The van der Waals surface area contributed by atoms with Crippen molar-refractivity contribution < 1.29 is 14.7 Å². The Kier molecular flexibility index (Phi) is 12.2. The van der Waals surface area contributed by atoms with E-state index >= 15 is 0 Å². The quantitative estimate of drug-likeness (QED) is 0.158. The van der Waals surface area contributed by atoms with Crippen LogP contribution < -0.4 is 0 Å². The van der Waals surface area contributed by atoms with Gasteiger partial charge < -0.3 is 19.8 Å². The van der Waals surface area contributed by atoms with Crippen molar-refractivity contribution in [1.82, 2.24) is 33.5 Å². The molecule has 12 heteroatoms. The smallest absolute Gasteiger partial charge is 0.254 e. The van der Waals surface area contributed by atoms with Gasteiger partial charge in [0.05, 0.1) is 58.7 Å². The molecule has 1 spiro atoms. The van der Waals surface area contributed by atoms with Crippen molar-refractivity contribution in [3.63, 3.8) is 0 Å². The molecule has 7 heterocycles. The number of nitrogens with zero attached hydrogens (tertiary/aromatic N) is 9. The van der Waals surface area contributed by atoms with Crippen LogP contribution >= 0.6 is 0 Å². The molecule has 0 radical (unpaired) electrons. The number of likely N-dealkylation sites (tertiary alicyclic amines) is 3. The van der Waals surface area contributed by atoms with E-state index in [1.54, 1.807) is 18.2 Å². The van der Waals surface area contributed by atoms with Gasteiger partial charge in [0.1, 0.15) is 11.3 Å². The molecule has 0 aliphatic carbocycles. The first-order valence-corrected chi connectivity index (χ1v) is 25.9. The highest BCUT2D eigenvalue weighted by molar-refractivity contribution is 5.96. The van der Waals surface area contributed by atoms with E-state index in [1.165, 1.54) is 19.3 Å². The van der Waals surface area contributed by atoms with E-state index in [-0.39, 0.29) is 30.3 Å². The number of hydrogen-bond acceptors (Lipinski definition) is 8. The minimum atomic E-state index is -1.27. The predicted molar refractivity (Wildman–Crippen MR) is 289 cm³/mol. The maximum absolute atomic E-state index is 14.9. The average Bonchev–Trinajstić information content (AvgIpc) is 4.10. The zero-order valence-corrected chi connectivity index (χ0v) is 41.8. The highest BCUT2D eigenvalue weighted by Gasteiger charge is 2.44. The molecule has 3 aliphatic rings. The number of carbonyl (C=O) groups is 2. The van der Waals surface area contributed by atoms with Crippen LogP contribution in [0, 0.1) is 22.7 Å². The molecule has 2 amide bonds. The number of fused-ring (bicyclic) bond motifs is 2. The van der Waals surface area contributed by atoms with Crippen LogP contribution in [0.1, 0.15) is 94.0 Å². The molecule has 3 aliphatic heterocycles. The lowest BCUT2D eigenvalue weighted by molar-refractivity contribution is -0.0448. The van der Waals surface area contributed by atoms with E-state index in [2.05, 4.69) is 29.1 Å². The summed E-state index contributed by atoms with van der Waals surface area (Å²) in [6.07, 6.45) is 14.0. The largest absolute Gasteiger partial charge is 0.385 e. The van der Waals surface area contributed by atoms with Gasteiger partial charge in [0.15, 0.2) is 0 Å². The zero-order chi connectivity index (χ0) is 51.3. The fourth-order valence-electron chi connectivity index (χ4n) is 12.0. The molecular weight excluding hydrogens is 931 g/mol. The van der Waals surface area contributed by atoms with Crippen molar-refractivity contribution in [3.8, 4) is 56.9 Å². The van der Waals surface area contributed by atoms with Crippen molar-refractivity contribution in [2.24, 2.45) is 0 Å². The molecule has 0 saturated carbocycles. The van der Waals surface area contributed by atoms with Gasteiger partial charge in [0.25, 0.3) is 11.8 Å². The number of carbonyl (C=O) groups excluding carboxylic acids is 2. The van der Waals surface area contributed by atoms with Crippen LogP contribution in [-0.4, -0.2) is 89.2 Å². The van der Waals surface area contributed by atoms with E-state index in [9.17, 15) is 25.2 Å². The Morgan fingerprint density at radius 2 is 1.16 bits per heavy atom. The second kappa shape index (κ2) is 19.3. The summed E-state index contributed by atoms with van der Waals surface area (Å²) < 4.78 is 4.06. The molecule has 4 aromatic heterocycles. The summed E-state index contributed by atoms with van der Waals surface area (Å²) >= 11 is 0. The molecule has 12 rings (SSSR count). The molecule has 12 nitrogen and oxygen atoms in total. The Morgan fingerprint density at radius 1 is 0.587 bits per heavy atom. The SMILES string of the molecule is CN1CCCCC12CCN(C(=O)c1ccc(-c3ccc4ncc(-c5ccc(C#N)c(C6CC(O)(c7ccccc7)CCN6C(=O)c6ccc(-c7ccc8ncc(-c9ccc(C#N)cc9)n8c7)cc6)c5)n4c3)cc1)CC2. The molecule has 0 bridgehead atoms. The average molecular weight is 986 g/mol. The summed E-state index contributed by atoms with van der Waals surface area (Å²) in [6, 6.07) is 50.1. The number of pyridine rings is 2. The summed E-state index contributed by atoms with van der Waals surface area (Å²) in [4.78, 5) is 44.4. The Balaban J connectivity index is 0.829. The van der Waals surface area contributed by atoms with E-state index in [0.717, 1.165) is 94.1 Å². The molecule has 5 aromatic carbocycles. The maximum atomic E-state index is 14.9. The summed E-state index contributed by atoms with van der Waals surface area (Å²) in [5, 5.41) is 32.5. The topological polar surface area (TPSA) is 146 Å². The molecular formula is C63H55N9O3. The normalized spacial score (nSPS) is 18.7. The minimum absolute atomic E-state index is 0.0776. The van der Waals surface area contributed by atoms with Crippen LogP contribution in [-0.2, 0) is 5.60 Å². The van der Waals surface area contributed by atoms with Gasteiger partial charge in [-0.3, -0.25) is 18.4 Å². The second-order valence-corrected chi connectivity index (χ2v) is 20.6. The van der Waals surface area contributed by atoms with Crippen molar-refractivity contribution in [2.75, 3.05) is 33.2 Å². The molecule has 2 atom stereocenters. The van der Waals surface area contributed by atoms with Gasteiger partial charge in [-0.2, -0.15) is 10.5 Å². The number of hydrogen-bond donors (Lipinski definition) is 1. The third kappa shape index (κ3) is 8.72. The van der Waals surface area contributed by atoms with Crippen molar-refractivity contribution in [3.05, 3.63) is 204 Å². The number of amides is 2. The summed E-state index contributed by atoms with van der Waals surface area (Å²) in [5.74, 6) is -0.123. The zero-order valence-electron chi connectivity index (χ0n) is 41.8. The van der Waals surface area contributed by atoms with Crippen molar-refractivity contribution in [2.45, 2.75) is 62.1 Å². The summed E-state index contributed by atoms with van der Waals surface area (Å²) in [5.41, 5.74) is 11.3. The van der Waals surface area contributed by atoms with Crippen LogP contribution in [0.5, 0.6) is 0 Å². The van der Waals surface area contributed by atoms with E-state index in [4.69, 9.17) is 4.98 Å². The van der Waals surface area contributed by atoms with Crippen LogP contribution in [0.3, 0.4) is 0 Å². The van der Waals surface area contributed by atoms with Gasteiger partial charge in [0, 0.05) is 66.2 Å². The third-order valence-electron chi connectivity index (χ3n) is 16.5. The van der Waals surface area contributed by atoms with Crippen molar-refractivity contribution in [1.29, 1.82) is 10.5 Å². The number of rotatable bonds is 8. The van der Waals surface area contributed by atoms with E-state index < -0.39 is 11.6 Å². The Labute approximate surface area is 436 Å². The first kappa shape index (κ1) is 47.3. The second-order valence-electron chi connectivity index (χ2n) is 20.6. The van der Waals surface area contributed by atoms with Crippen LogP contribution in [0.2, 0.25) is 0 Å². The Bertz CT molecular complexity index is 3710. The summed E-state index contributed by atoms with van der Waals surface area (Å²) in [6.45, 7) is 2.93. The van der Waals surface area contributed by atoms with Crippen LogP contribution in [0.4, 0.5) is 0 Å². The molecule has 75 heavy (non-hydrogen) atoms. The van der Waals surface area contributed by atoms with E-state index in [0.29, 0.717) is 34.2 Å². The molecule has 3 fully saturated rings. The standard InChI is InChI=1S/C63H55N9O3/c1-68-31-6-5-27-62(68)28-32-69(33-29-62)60(73)47-17-13-44(14-18-47)52-24-26-59-67-40-57(72(59)42-52)49-21-22-50(38-65)54(35-49)55-36-63(75,53-7-3-2-4-8-53)30-34-70(55)61(74)48-19-15-45(16-20-48)51-23-25-58-66-39-56(71(58)41-51)46-11-9-43(37-64)10-12-46/h2-4,7-26,35,39-42,55,75H,5-6,27-34,36H2,1H3. The lowest BCUT2D eigenvalue weighted by Crippen LogP contribution is -2.56. The van der Waals surface area contributed by atoms with Crippen LogP contribution in [0.25, 0.3) is 56.1 Å². The minimum Gasteiger partial charge on any atom is -0.385 e. The predicted octanol–water partition coefficient (Wildman–Crippen LogP) is 11.3. The van der Waals surface area contributed by atoms with Gasteiger partial charge in [0.2, 0.25) is 0 Å². The number of benzene rings is 5. The number of aliphatic hydroxyl groups is 1. The van der Waals surface area contributed by atoms with Gasteiger partial charge >= 0.3 is 0 Å². The number of aromatic nitrogens is 4. The molecule has 3 saturated heterocycles. The van der Waals surface area contributed by atoms with E-state index in [1.807, 2.05) is 171 Å². The highest BCUT2D eigenvalue weighted by Crippen LogP contribution is 2.45. The molecule has 9 aromatic rings. The first-order valence-electron chi connectivity index (χ1n) is 25.9. The van der Waals surface area contributed by atoms with Gasteiger partial charge in [-0.05, 0) is 152 Å². The monoisotopic (exact) mass is 985 g/mol. The fourth-order valence-corrected chi connectivity index (χ4v) is 12.0. The highest BCUT2D eigenvalue weighted by atomic mass is 16.3. The number of nitriles is 2. The first-order chi connectivity index (χ1) is 36.6. The van der Waals surface area contributed by atoms with Crippen molar-refractivity contribution >= 4 is 23.1 Å². The van der Waals surface area contributed by atoms with Gasteiger partial charge in [-0.15, -0.1) is 0 Å². The Hall–Kier alpha value is -8.68. The van der Waals surface area contributed by atoms with Gasteiger partial charge in [-0.25, -0.2) is 9.97 Å². The summed E-state index contributed by atoms with van der Waals surface area (Å²) in [7, 11) is 2.24. The molecule has 370 valence electrons. The lowest BCUT2D eigenvalue weighted by Gasteiger charge is -2.50. The lowest BCUT2D eigenvalue weighted by atomic mass is 9.77. The molecule has 2 unspecified atom stereocenters. The fraction of sp³-hybridized carbons (Fsp3) is 0.238. The van der Waals surface area contributed by atoms with Gasteiger partial charge in [-0.1, -0.05) is 79.2 Å². The Morgan fingerprint density at radius 3 is 1.76 bits per heavy atom. The maximum Gasteiger partial charge on any atom is 0.254 e.